The third-order valence-electron chi connectivity index (χ3n) is 8.04. The molecule has 0 aliphatic rings. The third-order valence-corrected chi connectivity index (χ3v) is 8.04. The number of unbranched alkanes of at least 4 members (excludes halogenated alkanes) is 28. The predicted octanol–water partition coefficient (Wildman–Crippen LogP) is 13.9. The largest absolute Gasteiger partial charge is 0.462 e. The Morgan fingerprint density at radius 3 is 0.800 bits per heavy atom. The molecule has 0 bridgehead atoms. The van der Waals surface area contributed by atoms with E-state index in [4.69, 9.17) is 4.74 Å². The standard InChI is InChI=1S/C22H42O2.C16H34/c1-4-5-6-7-8-9-10-11-12-13-14-15-16-17-18-19-20-24-22(23)21(2)3;1-3-5-7-9-11-13-15-16-14-12-10-8-6-4-2/h2,4-20H2,1,3H3;3-16H2,1-2H3. The number of hydrogen-bond donors (Lipinski definition) is 0. The molecule has 0 unspecified atom stereocenters. The molecule has 0 saturated carbocycles. The highest BCUT2D eigenvalue weighted by Gasteiger charge is 2.01. The van der Waals surface area contributed by atoms with Crippen LogP contribution in [-0.4, -0.2) is 12.6 Å². The van der Waals surface area contributed by atoms with E-state index in [1.807, 2.05) is 0 Å². The molecule has 0 radical (unpaired) electrons. The van der Waals surface area contributed by atoms with Crippen molar-refractivity contribution in [2.75, 3.05) is 6.61 Å². The maximum atomic E-state index is 11.2. The lowest BCUT2D eigenvalue weighted by Crippen LogP contribution is -2.05. The quantitative estimate of drug-likeness (QED) is 0.0475. The zero-order valence-corrected chi connectivity index (χ0v) is 28.4. The van der Waals surface area contributed by atoms with Crippen molar-refractivity contribution >= 4 is 5.97 Å². The Bertz CT molecular complexity index is 470. The molecular formula is C38H76O2. The number of ether oxygens (including phenoxy) is 1. The van der Waals surface area contributed by atoms with E-state index in [0.29, 0.717) is 12.2 Å². The minimum Gasteiger partial charge on any atom is -0.462 e. The first-order valence-electron chi connectivity index (χ1n) is 18.4. The lowest BCUT2D eigenvalue weighted by molar-refractivity contribution is -0.139. The summed E-state index contributed by atoms with van der Waals surface area (Å²) >= 11 is 0. The van der Waals surface area contributed by atoms with Crippen LogP contribution in [0.5, 0.6) is 0 Å². The molecule has 0 atom stereocenters. The molecule has 2 heteroatoms. The minimum absolute atomic E-state index is 0.254. The fourth-order valence-electron chi connectivity index (χ4n) is 5.21. The van der Waals surface area contributed by atoms with Crippen molar-refractivity contribution in [1.82, 2.24) is 0 Å². The minimum atomic E-state index is -0.254. The van der Waals surface area contributed by atoms with Gasteiger partial charge in [-0.25, -0.2) is 4.79 Å². The lowest BCUT2D eigenvalue weighted by Gasteiger charge is -2.05. The zero-order chi connectivity index (χ0) is 29.8. The summed E-state index contributed by atoms with van der Waals surface area (Å²) in [7, 11) is 0. The summed E-state index contributed by atoms with van der Waals surface area (Å²) in [5, 5.41) is 0. The zero-order valence-electron chi connectivity index (χ0n) is 28.4. The van der Waals surface area contributed by atoms with Gasteiger partial charge < -0.3 is 4.74 Å². The molecule has 0 N–H and O–H groups in total. The number of hydrogen-bond acceptors (Lipinski definition) is 2. The summed E-state index contributed by atoms with van der Waals surface area (Å²) in [5.41, 5.74) is 0.492. The number of carbonyl (C=O) groups excluding carboxylic acids is 1. The normalized spacial score (nSPS) is 10.8. The number of esters is 1. The van der Waals surface area contributed by atoms with E-state index in [1.54, 1.807) is 6.92 Å². The molecule has 0 heterocycles. The fourth-order valence-corrected chi connectivity index (χ4v) is 5.21. The van der Waals surface area contributed by atoms with Gasteiger partial charge in [0, 0.05) is 5.57 Å². The third kappa shape index (κ3) is 39.4. The highest BCUT2D eigenvalue weighted by molar-refractivity contribution is 5.86. The van der Waals surface area contributed by atoms with Gasteiger partial charge in [-0.3, -0.25) is 0 Å². The topological polar surface area (TPSA) is 26.3 Å². The van der Waals surface area contributed by atoms with E-state index in [2.05, 4.69) is 27.4 Å². The van der Waals surface area contributed by atoms with Gasteiger partial charge in [-0.2, -0.15) is 0 Å². The lowest BCUT2D eigenvalue weighted by atomic mass is 10.0. The monoisotopic (exact) mass is 565 g/mol. The van der Waals surface area contributed by atoms with Gasteiger partial charge in [-0.05, 0) is 13.3 Å². The second kappa shape index (κ2) is 38.2. The average Bonchev–Trinajstić information content (AvgIpc) is 2.95. The van der Waals surface area contributed by atoms with Crippen molar-refractivity contribution in [1.29, 1.82) is 0 Å². The smallest absolute Gasteiger partial charge is 0.333 e. The van der Waals surface area contributed by atoms with Crippen LogP contribution in [0.25, 0.3) is 0 Å². The van der Waals surface area contributed by atoms with E-state index < -0.39 is 0 Å². The molecule has 0 rings (SSSR count). The van der Waals surface area contributed by atoms with Gasteiger partial charge in [0.1, 0.15) is 0 Å². The fraction of sp³-hybridized carbons (Fsp3) is 0.921. The molecule has 40 heavy (non-hydrogen) atoms. The molecule has 0 saturated heterocycles. The van der Waals surface area contributed by atoms with Crippen LogP contribution < -0.4 is 0 Å². The van der Waals surface area contributed by atoms with E-state index in [9.17, 15) is 4.79 Å². The van der Waals surface area contributed by atoms with Crippen LogP contribution in [0.15, 0.2) is 12.2 Å². The summed E-state index contributed by atoms with van der Waals surface area (Å²) in [6, 6.07) is 0. The van der Waals surface area contributed by atoms with Crippen molar-refractivity contribution in [3.8, 4) is 0 Å². The molecule has 0 fully saturated rings. The van der Waals surface area contributed by atoms with Crippen LogP contribution >= 0.6 is 0 Å². The Hall–Kier alpha value is -0.790. The Labute approximate surface area is 254 Å². The molecule has 2 nitrogen and oxygen atoms in total. The number of carbonyl (C=O) groups is 1. The molecule has 240 valence electrons. The van der Waals surface area contributed by atoms with Crippen LogP contribution in [0.3, 0.4) is 0 Å². The van der Waals surface area contributed by atoms with E-state index in [1.165, 1.54) is 186 Å². The van der Waals surface area contributed by atoms with Gasteiger partial charge in [-0.1, -0.05) is 214 Å². The first kappa shape index (κ1) is 41.3. The van der Waals surface area contributed by atoms with Crippen molar-refractivity contribution in [3.63, 3.8) is 0 Å². The SMILES string of the molecule is C=C(C)C(=O)OCCCCCCCCCCCCCCCCCC.CCCCCCCCCCCCCCCC. The van der Waals surface area contributed by atoms with Crippen molar-refractivity contribution in [2.45, 2.75) is 220 Å². The summed E-state index contributed by atoms with van der Waals surface area (Å²) < 4.78 is 5.08. The molecule has 0 aliphatic carbocycles. The second-order valence-electron chi connectivity index (χ2n) is 12.5. The molecular weight excluding hydrogens is 488 g/mol. The van der Waals surface area contributed by atoms with Crippen LogP contribution in [0.1, 0.15) is 220 Å². The molecule has 0 aromatic heterocycles. The van der Waals surface area contributed by atoms with Gasteiger partial charge in [0.2, 0.25) is 0 Å². The summed E-state index contributed by atoms with van der Waals surface area (Å²) in [4.78, 5) is 11.2. The van der Waals surface area contributed by atoms with Gasteiger partial charge in [0.05, 0.1) is 6.61 Å². The molecule has 0 amide bonds. The Kier molecular flexibility index (Phi) is 39.5. The summed E-state index contributed by atoms with van der Waals surface area (Å²) in [5.74, 6) is -0.254. The van der Waals surface area contributed by atoms with Crippen LogP contribution in [0.2, 0.25) is 0 Å². The molecule has 0 aromatic carbocycles. The first-order chi connectivity index (χ1) is 19.6. The first-order valence-corrected chi connectivity index (χ1v) is 18.4. The maximum Gasteiger partial charge on any atom is 0.333 e. The Morgan fingerprint density at radius 2 is 0.600 bits per heavy atom. The second-order valence-corrected chi connectivity index (χ2v) is 12.5. The van der Waals surface area contributed by atoms with E-state index in [0.717, 1.165) is 6.42 Å². The van der Waals surface area contributed by atoms with Crippen LogP contribution in [0, 0.1) is 0 Å². The van der Waals surface area contributed by atoms with Gasteiger partial charge in [0.15, 0.2) is 0 Å². The molecule has 0 aliphatic heterocycles. The highest BCUT2D eigenvalue weighted by Crippen LogP contribution is 2.14. The van der Waals surface area contributed by atoms with Crippen LogP contribution in [0.4, 0.5) is 0 Å². The molecule has 0 aromatic rings. The molecule has 0 spiro atoms. The predicted molar refractivity (Wildman–Crippen MR) is 181 cm³/mol. The van der Waals surface area contributed by atoms with Gasteiger partial charge in [-0.15, -0.1) is 0 Å². The average molecular weight is 565 g/mol. The van der Waals surface area contributed by atoms with Gasteiger partial charge in [0.25, 0.3) is 0 Å². The van der Waals surface area contributed by atoms with E-state index >= 15 is 0 Å². The summed E-state index contributed by atoms with van der Waals surface area (Å²) in [6.07, 6.45) is 42.2. The van der Waals surface area contributed by atoms with Crippen molar-refractivity contribution in [3.05, 3.63) is 12.2 Å². The van der Waals surface area contributed by atoms with Crippen LogP contribution in [-0.2, 0) is 9.53 Å². The Balaban J connectivity index is 0. The highest BCUT2D eigenvalue weighted by atomic mass is 16.5. The van der Waals surface area contributed by atoms with Gasteiger partial charge >= 0.3 is 5.97 Å². The van der Waals surface area contributed by atoms with E-state index in [-0.39, 0.29) is 5.97 Å². The van der Waals surface area contributed by atoms with Crippen molar-refractivity contribution < 1.29 is 9.53 Å². The van der Waals surface area contributed by atoms with Crippen molar-refractivity contribution in [2.24, 2.45) is 0 Å². The summed E-state index contributed by atoms with van der Waals surface area (Å²) in [6.45, 7) is 12.7. The number of rotatable bonds is 31. The Morgan fingerprint density at radius 1 is 0.400 bits per heavy atom. The maximum absolute atomic E-state index is 11.2.